The van der Waals surface area contributed by atoms with Gasteiger partial charge in [-0.3, -0.25) is 14.9 Å². The number of hydrogen-bond donors (Lipinski definition) is 1. The molecule has 0 spiro atoms. The Hall–Kier alpha value is -5.25. The summed E-state index contributed by atoms with van der Waals surface area (Å²) in [7, 11) is 2.66. The lowest BCUT2D eigenvalue weighted by Gasteiger charge is -2.26. The number of carbonyl (C=O) groups is 4. The molecular weight excluding hydrogens is 519 g/mol. The number of nitrogens with zero attached hydrogens (tertiary/aromatic N) is 1. The summed E-state index contributed by atoms with van der Waals surface area (Å²) in [6.45, 7) is 3.71. The van der Waals surface area contributed by atoms with E-state index in [9.17, 15) is 23.6 Å². The number of nitrogens with one attached hydrogen (secondary N) is 1. The van der Waals surface area contributed by atoms with E-state index in [1.165, 1.54) is 50.6 Å². The molecule has 10 heteroatoms. The van der Waals surface area contributed by atoms with Gasteiger partial charge < -0.3 is 14.2 Å². The second kappa shape index (κ2) is 12.1. The average Bonchev–Trinajstić information content (AvgIpc) is 2.95. The number of methoxy groups -OCH3 is 2. The number of allylic oxidation sites excluding steroid dienone is 1. The first-order valence-corrected chi connectivity index (χ1v) is 12.0. The summed E-state index contributed by atoms with van der Waals surface area (Å²) < 4.78 is 30.2. The Morgan fingerprint density at radius 2 is 1.75 bits per heavy atom. The molecule has 0 aromatic heterocycles. The van der Waals surface area contributed by atoms with Gasteiger partial charge in [0, 0.05) is 11.1 Å². The number of benzene rings is 3. The summed E-state index contributed by atoms with van der Waals surface area (Å²) >= 11 is 0. The van der Waals surface area contributed by atoms with Crippen molar-refractivity contribution in [1.82, 2.24) is 5.32 Å². The van der Waals surface area contributed by atoms with Gasteiger partial charge in [0.05, 0.1) is 25.5 Å². The van der Waals surface area contributed by atoms with Crippen LogP contribution >= 0.6 is 0 Å². The molecular formula is C30H25FN2O7. The highest BCUT2D eigenvalue weighted by molar-refractivity contribution is 6.39. The van der Waals surface area contributed by atoms with Crippen LogP contribution in [0.25, 0.3) is 6.08 Å². The Labute approximate surface area is 229 Å². The molecule has 204 valence electrons. The SMILES string of the molecule is C=CCc1cc(/C=C2\C(=O)NC(=O)N(c3ccc(C(=O)OC)cc3)C2=O)cc(OC)c1OCc1ccccc1F. The number of imide groups is 2. The minimum Gasteiger partial charge on any atom is -0.493 e. The Bertz CT molecular complexity index is 1530. The van der Waals surface area contributed by atoms with Crippen LogP contribution in [0.5, 0.6) is 11.5 Å². The van der Waals surface area contributed by atoms with E-state index < -0.39 is 29.6 Å². The van der Waals surface area contributed by atoms with E-state index in [1.54, 1.807) is 36.4 Å². The summed E-state index contributed by atoms with van der Waals surface area (Å²) in [6, 6.07) is 14.1. The van der Waals surface area contributed by atoms with Crippen molar-refractivity contribution in [3.63, 3.8) is 0 Å². The molecule has 0 saturated carbocycles. The van der Waals surface area contributed by atoms with Crippen molar-refractivity contribution < 1.29 is 37.8 Å². The number of anilines is 1. The van der Waals surface area contributed by atoms with Crippen LogP contribution < -0.4 is 19.7 Å². The fourth-order valence-corrected chi connectivity index (χ4v) is 4.08. The fraction of sp³-hybridized carbons (Fsp3) is 0.133. The van der Waals surface area contributed by atoms with Gasteiger partial charge >= 0.3 is 12.0 Å². The molecule has 40 heavy (non-hydrogen) atoms. The standard InChI is InChI=1S/C30H25FN2O7/c1-4-7-20-14-18(16-25(38-2)26(20)40-17-21-8-5-6-9-24(21)31)15-23-27(34)32-30(37)33(28(23)35)22-12-10-19(11-13-22)29(36)39-3/h4-6,8-16H,1,7,17H2,2-3H3,(H,32,34,37)/b23-15+. The molecule has 1 N–H and O–H groups in total. The number of ether oxygens (including phenoxy) is 3. The molecule has 0 unspecified atom stereocenters. The first kappa shape index (κ1) is 27.8. The minimum absolute atomic E-state index is 0.0552. The topological polar surface area (TPSA) is 111 Å². The van der Waals surface area contributed by atoms with E-state index >= 15 is 0 Å². The molecule has 3 aromatic rings. The van der Waals surface area contributed by atoms with Gasteiger partial charge in [0.2, 0.25) is 0 Å². The number of esters is 1. The van der Waals surface area contributed by atoms with Crippen molar-refractivity contribution in [2.45, 2.75) is 13.0 Å². The largest absolute Gasteiger partial charge is 0.493 e. The van der Waals surface area contributed by atoms with E-state index in [1.807, 2.05) is 0 Å². The van der Waals surface area contributed by atoms with E-state index in [2.05, 4.69) is 16.6 Å². The van der Waals surface area contributed by atoms with Crippen LogP contribution in [-0.4, -0.2) is 38.0 Å². The van der Waals surface area contributed by atoms with Crippen LogP contribution in [0.4, 0.5) is 14.9 Å². The first-order chi connectivity index (χ1) is 19.3. The molecule has 1 heterocycles. The molecule has 3 aromatic carbocycles. The highest BCUT2D eigenvalue weighted by Gasteiger charge is 2.37. The van der Waals surface area contributed by atoms with Gasteiger partial charge in [-0.15, -0.1) is 6.58 Å². The first-order valence-electron chi connectivity index (χ1n) is 12.0. The van der Waals surface area contributed by atoms with Crippen LogP contribution in [0.3, 0.4) is 0 Å². The Balaban J connectivity index is 1.68. The molecule has 1 fully saturated rings. The predicted octanol–water partition coefficient (Wildman–Crippen LogP) is 4.59. The number of barbiturate groups is 1. The monoisotopic (exact) mass is 544 g/mol. The Morgan fingerprint density at radius 3 is 2.40 bits per heavy atom. The number of halogens is 1. The third-order valence-electron chi connectivity index (χ3n) is 6.03. The van der Waals surface area contributed by atoms with Gasteiger partial charge in [0.25, 0.3) is 11.8 Å². The molecule has 0 bridgehead atoms. The molecule has 4 rings (SSSR count). The van der Waals surface area contributed by atoms with Gasteiger partial charge in [-0.2, -0.15) is 0 Å². The maximum atomic E-state index is 14.1. The summed E-state index contributed by atoms with van der Waals surface area (Å²) in [6.07, 6.45) is 3.31. The lowest BCUT2D eigenvalue weighted by atomic mass is 10.0. The summed E-state index contributed by atoms with van der Waals surface area (Å²) in [5.74, 6) is -2.08. The predicted molar refractivity (Wildman–Crippen MR) is 144 cm³/mol. The summed E-state index contributed by atoms with van der Waals surface area (Å²) in [4.78, 5) is 51.1. The van der Waals surface area contributed by atoms with Gasteiger partial charge in [-0.1, -0.05) is 24.3 Å². The van der Waals surface area contributed by atoms with Crippen molar-refractivity contribution >= 4 is 35.6 Å². The minimum atomic E-state index is -0.931. The number of urea groups is 1. The maximum absolute atomic E-state index is 14.1. The molecule has 1 aliphatic rings. The molecule has 1 aliphatic heterocycles. The van der Waals surface area contributed by atoms with E-state index in [-0.39, 0.29) is 29.2 Å². The van der Waals surface area contributed by atoms with Crippen molar-refractivity contribution in [3.05, 3.63) is 107 Å². The quantitative estimate of drug-likeness (QED) is 0.181. The third-order valence-corrected chi connectivity index (χ3v) is 6.03. The van der Waals surface area contributed by atoms with Gasteiger partial charge in [0.15, 0.2) is 11.5 Å². The lowest BCUT2D eigenvalue weighted by Crippen LogP contribution is -2.54. The molecule has 0 radical (unpaired) electrons. The molecule has 0 atom stereocenters. The highest BCUT2D eigenvalue weighted by Crippen LogP contribution is 2.35. The molecule has 9 nitrogen and oxygen atoms in total. The van der Waals surface area contributed by atoms with E-state index in [0.29, 0.717) is 28.9 Å². The fourth-order valence-electron chi connectivity index (χ4n) is 4.08. The maximum Gasteiger partial charge on any atom is 0.337 e. The van der Waals surface area contributed by atoms with Crippen molar-refractivity contribution in [2.24, 2.45) is 0 Å². The van der Waals surface area contributed by atoms with Crippen molar-refractivity contribution in [1.29, 1.82) is 0 Å². The summed E-state index contributed by atoms with van der Waals surface area (Å²) in [5, 5.41) is 2.16. The van der Waals surface area contributed by atoms with E-state index in [4.69, 9.17) is 9.47 Å². The smallest absolute Gasteiger partial charge is 0.337 e. The Morgan fingerprint density at radius 1 is 1.02 bits per heavy atom. The number of amides is 4. The van der Waals surface area contributed by atoms with Crippen LogP contribution in [-0.2, 0) is 27.4 Å². The van der Waals surface area contributed by atoms with E-state index in [0.717, 1.165) is 4.90 Å². The van der Waals surface area contributed by atoms with Gasteiger partial charge in [-0.05, 0) is 60.5 Å². The number of rotatable bonds is 9. The molecule has 0 aliphatic carbocycles. The Kier molecular flexibility index (Phi) is 8.39. The average molecular weight is 545 g/mol. The molecule has 1 saturated heterocycles. The number of hydrogen-bond acceptors (Lipinski definition) is 7. The zero-order chi connectivity index (χ0) is 28.8. The normalized spacial score (nSPS) is 14.1. The van der Waals surface area contributed by atoms with Gasteiger partial charge in [-0.25, -0.2) is 18.9 Å². The zero-order valence-electron chi connectivity index (χ0n) is 21.7. The van der Waals surface area contributed by atoms with Crippen molar-refractivity contribution in [2.75, 3.05) is 19.1 Å². The second-order valence-corrected chi connectivity index (χ2v) is 8.58. The van der Waals surface area contributed by atoms with Crippen LogP contribution in [0.2, 0.25) is 0 Å². The highest BCUT2D eigenvalue weighted by atomic mass is 19.1. The number of carbonyl (C=O) groups excluding carboxylic acids is 4. The van der Waals surface area contributed by atoms with Crippen molar-refractivity contribution in [3.8, 4) is 11.5 Å². The summed E-state index contributed by atoms with van der Waals surface area (Å²) in [5.41, 5.74) is 1.46. The second-order valence-electron chi connectivity index (χ2n) is 8.58. The third kappa shape index (κ3) is 5.75. The zero-order valence-corrected chi connectivity index (χ0v) is 21.7. The molecule has 4 amide bonds. The van der Waals surface area contributed by atoms with Crippen LogP contribution in [0, 0.1) is 5.82 Å². The lowest BCUT2D eigenvalue weighted by molar-refractivity contribution is -0.122. The van der Waals surface area contributed by atoms with Crippen LogP contribution in [0.15, 0.2) is 78.9 Å². The van der Waals surface area contributed by atoms with Crippen LogP contribution in [0.1, 0.15) is 27.0 Å². The van der Waals surface area contributed by atoms with Gasteiger partial charge in [0.1, 0.15) is 18.0 Å².